The molecule has 1 aliphatic rings. The Morgan fingerprint density at radius 1 is 1.19 bits per heavy atom. The molecule has 1 saturated heterocycles. The Balaban J connectivity index is 1.94. The number of carbonyl (C=O) groups excluding carboxylic acids is 1. The molecule has 2 rings (SSSR count). The largest absolute Gasteiger partial charge is 0.481 e. The first-order valence-corrected chi connectivity index (χ1v) is 8.80. The molecule has 1 aliphatic heterocycles. The van der Waals surface area contributed by atoms with Gasteiger partial charge in [0.2, 0.25) is 0 Å². The fourth-order valence-corrected chi connectivity index (χ4v) is 2.69. The molecule has 0 radical (unpaired) electrons. The predicted octanol–water partition coefficient (Wildman–Crippen LogP) is 0.0640. The maximum Gasteiger partial charge on any atom is 0.410 e. The molecule has 0 atom stereocenters. The van der Waals surface area contributed by atoms with Gasteiger partial charge in [-0.05, 0) is 20.8 Å². The van der Waals surface area contributed by atoms with Gasteiger partial charge in [0.1, 0.15) is 5.60 Å². The molecular formula is C17H26N4O6. The molecule has 1 aromatic rings. The van der Waals surface area contributed by atoms with Gasteiger partial charge in [0.25, 0.3) is 5.43 Å². The molecule has 0 aliphatic carbocycles. The molecule has 27 heavy (non-hydrogen) atoms. The molecule has 0 spiro atoms. The van der Waals surface area contributed by atoms with Gasteiger partial charge in [0.15, 0.2) is 0 Å². The number of aryl methyl sites for hydroxylation is 1. The number of carbonyl (C=O) groups is 2. The summed E-state index contributed by atoms with van der Waals surface area (Å²) in [6.45, 7) is 7.70. The monoisotopic (exact) mass is 382 g/mol. The lowest BCUT2D eigenvalue weighted by atomic mass is 10.2. The predicted molar refractivity (Wildman–Crippen MR) is 96.7 cm³/mol. The molecule has 0 bridgehead atoms. The quantitative estimate of drug-likeness (QED) is 0.690. The summed E-state index contributed by atoms with van der Waals surface area (Å²) in [5.74, 6) is -1.05. The molecule has 2 N–H and O–H groups in total. The van der Waals surface area contributed by atoms with Crippen molar-refractivity contribution in [1.82, 2.24) is 19.6 Å². The van der Waals surface area contributed by atoms with Gasteiger partial charge in [0, 0.05) is 44.5 Å². The zero-order chi connectivity index (χ0) is 20.2. The Kier molecular flexibility index (Phi) is 6.42. The minimum Gasteiger partial charge on any atom is -0.481 e. The van der Waals surface area contributed by atoms with E-state index in [4.69, 9.17) is 9.84 Å². The minimum absolute atomic E-state index is 0.0851. The van der Waals surface area contributed by atoms with Crippen molar-refractivity contribution in [2.45, 2.75) is 45.9 Å². The van der Waals surface area contributed by atoms with Gasteiger partial charge >= 0.3 is 17.6 Å². The highest BCUT2D eigenvalue weighted by Crippen LogP contribution is 2.12. The van der Waals surface area contributed by atoms with Crippen LogP contribution in [0, 0.1) is 0 Å². The van der Waals surface area contributed by atoms with Crippen LogP contribution in [-0.2, 0) is 22.6 Å². The number of rotatable bonds is 5. The van der Waals surface area contributed by atoms with Crippen LogP contribution < -0.4 is 11.0 Å². The smallest absolute Gasteiger partial charge is 0.410 e. The SMILES string of the molecule is CC(C)(C)OC(=O)N1CCN(Cc2c[nH]n(CCC(=O)O)c(=O)c2=O)CC1. The summed E-state index contributed by atoms with van der Waals surface area (Å²) in [5.41, 5.74) is -1.64. The van der Waals surface area contributed by atoms with E-state index in [0.29, 0.717) is 31.7 Å². The number of aromatic amines is 1. The first-order valence-electron chi connectivity index (χ1n) is 8.80. The number of aromatic nitrogens is 2. The second-order valence-corrected chi connectivity index (χ2v) is 7.47. The Labute approximate surface area is 156 Å². The van der Waals surface area contributed by atoms with Crippen molar-refractivity contribution in [1.29, 1.82) is 0 Å². The van der Waals surface area contributed by atoms with Gasteiger partial charge in [-0.2, -0.15) is 0 Å². The molecule has 10 heteroatoms. The normalized spacial score (nSPS) is 15.6. The number of hydrogen-bond acceptors (Lipinski definition) is 6. The van der Waals surface area contributed by atoms with Gasteiger partial charge in [0.05, 0.1) is 13.0 Å². The van der Waals surface area contributed by atoms with Crippen molar-refractivity contribution < 1.29 is 19.4 Å². The Morgan fingerprint density at radius 2 is 1.81 bits per heavy atom. The van der Waals surface area contributed by atoms with Crippen LogP contribution in [0.25, 0.3) is 0 Å². The zero-order valence-electron chi connectivity index (χ0n) is 15.9. The first kappa shape index (κ1) is 20.7. The number of amides is 1. The Hall–Kier alpha value is -2.62. The third-order valence-corrected chi connectivity index (χ3v) is 4.09. The first-order chi connectivity index (χ1) is 12.6. The number of nitrogens with one attached hydrogen (secondary N) is 1. The average Bonchev–Trinajstić information content (AvgIpc) is 2.57. The number of carboxylic acid groups (broad SMARTS) is 1. The molecule has 1 aromatic heterocycles. The van der Waals surface area contributed by atoms with E-state index in [2.05, 4.69) is 5.10 Å². The topological polar surface area (TPSA) is 125 Å². The van der Waals surface area contributed by atoms with Crippen LogP contribution in [0.4, 0.5) is 4.79 Å². The van der Waals surface area contributed by atoms with Crippen molar-refractivity contribution in [3.05, 3.63) is 32.3 Å². The van der Waals surface area contributed by atoms with Crippen molar-refractivity contribution in [3.8, 4) is 0 Å². The van der Waals surface area contributed by atoms with E-state index in [1.54, 1.807) is 4.90 Å². The Morgan fingerprint density at radius 3 is 2.37 bits per heavy atom. The van der Waals surface area contributed by atoms with E-state index >= 15 is 0 Å². The average molecular weight is 382 g/mol. The number of H-pyrrole nitrogens is 1. The van der Waals surface area contributed by atoms with Gasteiger partial charge in [-0.3, -0.25) is 19.3 Å². The van der Waals surface area contributed by atoms with Crippen LogP contribution >= 0.6 is 0 Å². The highest BCUT2D eigenvalue weighted by molar-refractivity contribution is 5.68. The van der Waals surface area contributed by atoms with E-state index in [1.807, 2.05) is 25.7 Å². The van der Waals surface area contributed by atoms with E-state index in [9.17, 15) is 19.2 Å². The van der Waals surface area contributed by atoms with Crippen molar-refractivity contribution in [3.63, 3.8) is 0 Å². The highest BCUT2D eigenvalue weighted by atomic mass is 16.6. The molecular weight excluding hydrogens is 356 g/mol. The van der Waals surface area contributed by atoms with Gasteiger partial charge in [-0.25, -0.2) is 9.48 Å². The highest BCUT2D eigenvalue weighted by Gasteiger charge is 2.26. The fourth-order valence-electron chi connectivity index (χ4n) is 2.69. The minimum atomic E-state index is -1.05. The lowest BCUT2D eigenvalue weighted by molar-refractivity contribution is -0.137. The maximum absolute atomic E-state index is 12.2. The number of hydrogen-bond donors (Lipinski definition) is 2. The fraction of sp³-hybridized carbons (Fsp3) is 0.647. The molecule has 10 nitrogen and oxygen atoms in total. The molecule has 0 aromatic carbocycles. The number of ether oxygens (including phenoxy) is 1. The van der Waals surface area contributed by atoms with E-state index in [1.165, 1.54) is 6.20 Å². The lowest BCUT2D eigenvalue weighted by Gasteiger charge is -2.35. The summed E-state index contributed by atoms with van der Waals surface area (Å²) in [6, 6.07) is 0. The molecule has 0 unspecified atom stereocenters. The Bertz CT molecular complexity index is 799. The number of aliphatic carboxylic acids is 1. The van der Waals surface area contributed by atoms with E-state index in [0.717, 1.165) is 4.68 Å². The molecule has 1 amide bonds. The maximum atomic E-state index is 12.2. The summed E-state index contributed by atoms with van der Waals surface area (Å²) in [5, 5.41) is 11.4. The van der Waals surface area contributed by atoms with Crippen LogP contribution in [0.5, 0.6) is 0 Å². The van der Waals surface area contributed by atoms with Crippen molar-refractivity contribution in [2.24, 2.45) is 0 Å². The molecule has 0 saturated carbocycles. The van der Waals surface area contributed by atoms with E-state index < -0.39 is 22.6 Å². The van der Waals surface area contributed by atoms with Crippen LogP contribution in [0.2, 0.25) is 0 Å². The van der Waals surface area contributed by atoms with Crippen molar-refractivity contribution in [2.75, 3.05) is 26.2 Å². The number of piperazine rings is 1. The zero-order valence-corrected chi connectivity index (χ0v) is 15.9. The summed E-state index contributed by atoms with van der Waals surface area (Å²) >= 11 is 0. The van der Waals surface area contributed by atoms with Crippen LogP contribution in [0.15, 0.2) is 15.8 Å². The second kappa shape index (κ2) is 8.38. The summed E-state index contributed by atoms with van der Waals surface area (Å²) < 4.78 is 6.35. The number of carboxylic acids is 1. The summed E-state index contributed by atoms with van der Waals surface area (Å²) in [7, 11) is 0. The molecule has 2 heterocycles. The van der Waals surface area contributed by atoms with E-state index in [-0.39, 0.29) is 25.6 Å². The standard InChI is InChI=1S/C17H26N4O6/c1-17(2,3)27-16(26)20-8-6-19(7-9-20)11-12-10-18-21(5-4-13(22)23)15(25)14(12)24/h10,18H,4-9,11H2,1-3H3,(H,22,23). The third kappa shape index (κ3) is 5.95. The van der Waals surface area contributed by atoms with Gasteiger partial charge in [-0.1, -0.05) is 0 Å². The number of nitrogens with zero attached hydrogens (tertiary/aromatic N) is 3. The van der Waals surface area contributed by atoms with Gasteiger partial charge in [-0.15, -0.1) is 0 Å². The summed E-state index contributed by atoms with van der Waals surface area (Å²) in [6.07, 6.45) is 0.828. The van der Waals surface area contributed by atoms with Crippen molar-refractivity contribution >= 4 is 12.1 Å². The van der Waals surface area contributed by atoms with Crippen LogP contribution in [-0.4, -0.2) is 68.5 Å². The second-order valence-electron chi connectivity index (χ2n) is 7.47. The molecule has 150 valence electrons. The molecule has 1 fully saturated rings. The van der Waals surface area contributed by atoms with Crippen LogP contribution in [0.1, 0.15) is 32.8 Å². The third-order valence-electron chi connectivity index (χ3n) is 4.09. The van der Waals surface area contributed by atoms with Gasteiger partial charge < -0.3 is 19.8 Å². The van der Waals surface area contributed by atoms with Crippen LogP contribution in [0.3, 0.4) is 0 Å². The lowest BCUT2D eigenvalue weighted by Crippen LogP contribution is -2.50. The summed E-state index contributed by atoms with van der Waals surface area (Å²) in [4.78, 5) is 50.5.